The van der Waals surface area contributed by atoms with Gasteiger partial charge in [0.15, 0.2) is 6.10 Å². The fourth-order valence-corrected chi connectivity index (χ4v) is 2.86. The number of imide groups is 1. The SMILES string of the molecule is CC(C)[C@H](OC(=O)CSc1cc(Cl)ccc1Cl)C(=O)NC(N)=O. The Morgan fingerprint density at radius 2 is 1.96 bits per heavy atom. The Bertz CT molecular complexity index is 610. The average Bonchev–Trinajstić information content (AvgIpc) is 2.44. The summed E-state index contributed by atoms with van der Waals surface area (Å²) in [4.78, 5) is 35.0. The van der Waals surface area contributed by atoms with Crippen LogP contribution in [0, 0.1) is 5.92 Å². The Labute approximate surface area is 148 Å². The van der Waals surface area contributed by atoms with Crippen molar-refractivity contribution in [2.75, 3.05) is 5.75 Å². The van der Waals surface area contributed by atoms with Crippen LogP contribution in [-0.2, 0) is 14.3 Å². The molecule has 1 rings (SSSR count). The number of urea groups is 1. The molecule has 0 fully saturated rings. The van der Waals surface area contributed by atoms with Gasteiger partial charge in [-0.1, -0.05) is 37.0 Å². The molecule has 1 aromatic rings. The number of rotatable bonds is 6. The van der Waals surface area contributed by atoms with Crippen LogP contribution in [0.25, 0.3) is 0 Å². The molecule has 6 nitrogen and oxygen atoms in total. The molecule has 0 radical (unpaired) electrons. The van der Waals surface area contributed by atoms with Crippen molar-refractivity contribution in [2.24, 2.45) is 11.7 Å². The van der Waals surface area contributed by atoms with E-state index >= 15 is 0 Å². The van der Waals surface area contributed by atoms with Crippen LogP contribution in [0.2, 0.25) is 10.0 Å². The molecular formula is C14H16Cl2N2O4S. The third-order valence-electron chi connectivity index (χ3n) is 2.61. The lowest BCUT2D eigenvalue weighted by Gasteiger charge is -2.19. The molecule has 0 aliphatic heterocycles. The number of benzene rings is 1. The molecule has 126 valence electrons. The summed E-state index contributed by atoms with van der Waals surface area (Å²) in [6.07, 6.45) is -1.11. The third kappa shape index (κ3) is 6.68. The molecule has 1 atom stereocenters. The normalized spacial score (nSPS) is 11.9. The van der Waals surface area contributed by atoms with Gasteiger partial charge in [0, 0.05) is 9.92 Å². The molecule has 0 aliphatic carbocycles. The number of carbonyl (C=O) groups is 3. The average molecular weight is 379 g/mol. The smallest absolute Gasteiger partial charge is 0.318 e. The number of nitrogens with one attached hydrogen (secondary N) is 1. The Morgan fingerprint density at radius 3 is 2.52 bits per heavy atom. The molecular weight excluding hydrogens is 363 g/mol. The Balaban J connectivity index is 2.64. The number of hydrogen-bond acceptors (Lipinski definition) is 5. The van der Waals surface area contributed by atoms with Gasteiger partial charge in [-0.05, 0) is 24.1 Å². The number of ether oxygens (including phenoxy) is 1. The zero-order chi connectivity index (χ0) is 17.6. The van der Waals surface area contributed by atoms with Crippen LogP contribution < -0.4 is 11.1 Å². The van der Waals surface area contributed by atoms with Crippen LogP contribution in [0.15, 0.2) is 23.1 Å². The minimum atomic E-state index is -1.11. The molecule has 0 bridgehead atoms. The second kappa shape index (κ2) is 9.00. The molecule has 0 heterocycles. The summed E-state index contributed by atoms with van der Waals surface area (Å²) in [6.45, 7) is 3.36. The topological polar surface area (TPSA) is 98.5 Å². The second-order valence-electron chi connectivity index (χ2n) is 4.87. The van der Waals surface area contributed by atoms with E-state index in [-0.39, 0.29) is 11.7 Å². The minimum Gasteiger partial charge on any atom is -0.451 e. The largest absolute Gasteiger partial charge is 0.451 e. The van der Waals surface area contributed by atoms with E-state index < -0.39 is 24.0 Å². The quantitative estimate of drug-likeness (QED) is 0.585. The van der Waals surface area contributed by atoms with Crippen LogP contribution in [0.5, 0.6) is 0 Å². The Kier molecular flexibility index (Phi) is 7.67. The summed E-state index contributed by atoms with van der Waals surface area (Å²) in [5.74, 6) is -1.76. The monoisotopic (exact) mass is 378 g/mol. The summed E-state index contributed by atoms with van der Waals surface area (Å²) < 4.78 is 5.11. The van der Waals surface area contributed by atoms with E-state index in [0.29, 0.717) is 14.9 Å². The first-order chi connectivity index (χ1) is 10.7. The highest BCUT2D eigenvalue weighted by Gasteiger charge is 2.27. The number of carbonyl (C=O) groups excluding carboxylic acids is 3. The maximum Gasteiger partial charge on any atom is 0.318 e. The lowest BCUT2D eigenvalue weighted by Crippen LogP contribution is -2.45. The maximum atomic E-state index is 11.9. The molecule has 23 heavy (non-hydrogen) atoms. The molecule has 9 heteroatoms. The zero-order valence-electron chi connectivity index (χ0n) is 12.5. The van der Waals surface area contributed by atoms with E-state index in [9.17, 15) is 14.4 Å². The Hall–Kier alpha value is -1.44. The van der Waals surface area contributed by atoms with Gasteiger partial charge in [0.2, 0.25) is 0 Å². The van der Waals surface area contributed by atoms with Crippen molar-refractivity contribution >= 4 is 52.9 Å². The van der Waals surface area contributed by atoms with Gasteiger partial charge in [-0.25, -0.2) is 4.79 Å². The molecule has 0 saturated heterocycles. The van der Waals surface area contributed by atoms with Gasteiger partial charge in [0.25, 0.3) is 5.91 Å². The van der Waals surface area contributed by atoms with Crippen molar-refractivity contribution in [1.29, 1.82) is 0 Å². The van der Waals surface area contributed by atoms with E-state index in [1.54, 1.807) is 32.0 Å². The van der Waals surface area contributed by atoms with Crippen molar-refractivity contribution in [3.8, 4) is 0 Å². The molecule has 0 aromatic heterocycles. The van der Waals surface area contributed by atoms with Crippen LogP contribution in [-0.4, -0.2) is 29.8 Å². The number of halogens is 2. The fraction of sp³-hybridized carbons (Fsp3) is 0.357. The number of primary amides is 1. The van der Waals surface area contributed by atoms with Gasteiger partial charge in [-0.3, -0.25) is 14.9 Å². The summed E-state index contributed by atoms with van der Waals surface area (Å²) in [5.41, 5.74) is 4.88. The van der Waals surface area contributed by atoms with E-state index in [1.807, 2.05) is 5.32 Å². The van der Waals surface area contributed by atoms with Crippen molar-refractivity contribution in [2.45, 2.75) is 24.8 Å². The molecule has 0 unspecified atom stereocenters. The first kappa shape index (κ1) is 19.6. The number of amides is 3. The van der Waals surface area contributed by atoms with Crippen molar-refractivity contribution in [3.63, 3.8) is 0 Å². The second-order valence-corrected chi connectivity index (χ2v) is 6.73. The highest BCUT2D eigenvalue weighted by atomic mass is 35.5. The summed E-state index contributed by atoms with van der Waals surface area (Å²) in [6, 6.07) is 3.88. The first-order valence-electron chi connectivity index (χ1n) is 6.58. The van der Waals surface area contributed by atoms with Crippen LogP contribution >= 0.6 is 35.0 Å². The van der Waals surface area contributed by atoms with Crippen molar-refractivity contribution in [3.05, 3.63) is 28.2 Å². The van der Waals surface area contributed by atoms with E-state index in [4.69, 9.17) is 33.7 Å². The standard InChI is InChI=1S/C14H16Cl2N2O4S/c1-7(2)12(13(20)18-14(17)21)22-11(19)6-23-10-5-8(15)3-4-9(10)16/h3-5,7,12H,6H2,1-2H3,(H3,17,18,20,21)/t12-/m0/s1. The summed E-state index contributed by atoms with van der Waals surface area (Å²) >= 11 is 13.0. The molecule has 3 N–H and O–H groups in total. The van der Waals surface area contributed by atoms with E-state index in [1.165, 1.54) is 0 Å². The molecule has 0 saturated carbocycles. The third-order valence-corrected chi connectivity index (χ3v) is 4.31. The van der Waals surface area contributed by atoms with E-state index in [0.717, 1.165) is 11.8 Å². The molecule has 0 aliphatic rings. The van der Waals surface area contributed by atoms with Crippen molar-refractivity contribution in [1.82, 2.24) is 5.32 Å². The number of hydrogen-bond donors (Lipinski definition) is 2. The molecule has 3 amide bonds. The minimum absolute atomic E-state index is 0.0624. The van der Waals surface area contributed by atoms with Gasteiger partial charge >= 0.3 is 12.0 Å². The first-order valence-corrected chi connectivity index (χ1v) is 8.32. The van der Waals surface area contributed by atoms with Gasteiger partial charge in [-0.15, -0.1) is 11.8 Å². The van der Waals surface area contributed by atoms with Crippen LogP contribution in [0.4, 0.5) is 4.79 Å². The van der Waals surface area contributed by atoms with E-state index in [2.05, 4.69) is 0 Å². The number of thioether (sulfide) groups is 1. The summed E-state index contributed by atoms with van der Waals surface area (Å²) in [7, 11) is 0. The molecule has 0 spiro atoms. The van der Waals surface area contributed by atoms with Crippen LogP contribution in [0.1, 0.15) is 13.8 Å². The number of esters is 1. The lowest BCUT2D eigenvalue weighted by molar-refractivity contribution is -0.155. The highest BCUT2D eigenvalue weighted by molar-refractivity contribution is 8.00. The Morgan fingerprint density at radius 1 is 1.30 bits per heavy atom. The lowest BCUT2D eigenvalue weighted by atomic mass is 10.1. The predicted molar refractivity (Wildman–Crippen MR) is 89.6 cm³/mol. The number of nitrogens with two attached hydrogens (primary N) is 1. The van der Waals surface area contributed by atoms with Crippen LogP contribution in [0.3, 0.4) is 0 Å². The highest BCUT2D eigenvalue weighted by Crippen LogP contribution is 2.30. The summed E-state index contributed by atoms with van der Waals surface area (Å²) in [5, 5.41) is 2.85. The predicted octanol–water partition coefficient (Wildman–Crippen LogP) is 2.85. The zero-order valence-corrected chi connectivity index (χ0v) is 14.8. The molecule has 1 aromatic carbocycles. The van der Waals surface area contributed by atoms with Crippen molar-refractivity contribution < 1.29 is 19.1 Å². The van der Waals surface area contributed by atoms with Gasteiger partial charge in [0.05, 0.1) is 10.8 Å². The van der Waals surface area contributed by atoms with Gasteiger partial charge in [0.1, 0.15) is 0 Å². The van der Waals surface area contributed by atoms with Gasteiger partial charge < -0.3 is 10.5 Å². The fourth-order valence-electron chi connectivity index (χ4n) is 1.59. The maximum absolute atomic E-state index is 11.9. The van der Waals surface area contributed by atoms with Gasteiger partial charge in [-0.2, -0.15) is 0 Å².